The first-order valence-corrected chi connectivity index (χ1v) is 8.43. The van der Waals surface area contributed by atoms with E-state index in [2.05, 4.69) is 27.2 Å². The van der Waals surface area contributed by atoms with Crippen molar-refractivity contribution in [3.05, 3.63) is 22.5 Å². The van der Waals surface area contributed by atoms with Gasteiger partial charge in [0.05, 0.1) is 11.5 Å². The van der Waals surface area contributed by atoms with Gasteiger partial charge in [-0.25, -0.2) is 0 Å². The van der Waals surface area contributed by atoms with Crippen LogP contribution in [0.1, 0.15) is 13.3 Å². The van der Waals surface area contributed by atoms with Crippen LogP contribution in [0.3, 0.4) is 0 Å². The molecule has 1 aliphatic heterocycles. The Morgan fingerprint density at radius 1 is 1.65 bits per heavy atom. The average Bonchev–Trinajstić information content (AvgIpc) is 3.01. The summed E-state index contributed by atoms with van der Waals surface area (Å²) >= 11 is 2.02. The third kappa shape index (κ3) is 5.83. The van der Waals surface area contributed by atoms with E-state index < -0.39 is 4.92 Å². The molecule has 2 heterocycles. The van der Waals surface area contributed by atoms with Crippen molar-refractivity contribution in [2.24, 2.45) is 4.99 Å². The van der Waals surface area contributed by atoms with Crippen molar-refractivity contribution in [3.8, 4) is 0 Å². The summed E-state index contributed by atoms with van der Waals surface area (Å²) in [5.41, 5.74) is 0.0169. The molecule has 0 aromatic carbocycles. The van der Waals surface area contributed by atoms with Crippen LogP contribution in [0.4, 0.5) is 5.69 Å². The first kappa shape index (κ1) is 20.0. The van der Waals surface area contributed by atoms with Crippen LogP contribution in [0.5, 0.6) is 0 Å². The van der Waals surface area contributed by atoms with Crippen LogP contribution >= 0.6 is 35.7 Å². The molecule has 1 atom stereocenters. The maximum absolute atomic E-state index is 10.6. The summed E-state index contributed by atoms with van der Waals surface area (Å²) in [6, 6.07) is 0. The average molecular weight is 454 g/mol. The maximum atomic E-state index is 10.6. The minimum Gasteiger partial charge on any atom is -0.354 e. The van der Waals surface area contributed by atoms with E-state index >= 15 is 0 Å². The zero-order valence-corrected chi connectivity index (χ0v) is 16.5. The van der Waals surface area contributed by atoms with Gasteiger partial charge in [-0.2, -0.15) is 16.9 Å². The molecule has 23 heavy (non-hydrogen) atoms. The summed E-state index contributed by atoms with van der Waals surface area (Å²) in [4.78, 5) is 16.8. The highest BCUT2D eigenvalue weighted by atomic mass is 127. The smallest absolute Gasteiger partial charge is 0.306 e. The van der Waals surface area contributed by atoms with Gasteiger partial charge in [-0.1, -0.05) is 6.92 Å². The van der Waals surface area contributed by atoms with Crippen LogP contribution in [-0.4, -0.2) is 63.2 Å². The number of nitro groups is 1. The van der Waals surface area contributed by atoms with E-state index in [0.29, 0.717) is 18.3 Å². The largest absolute Gasteiger partial charge is 0.354 e. The normalized spacial score (nSPS) is 18.4. The van der Waals surface area contributed by atoms with Crippen LogP contribution in [0.25, 0.3) is 0 Å². The van der Waals surface area contributed by atoms with Crippen molar-refractivity contribution < 1.29 is 4.92 Å². The van der Waals surface area contributed by atoms with Crippen LogP contribution in [0.15, 0.2) is 17.4 Å². The van der Waals surface area contributed by atoms with Gasteiger partial charge in [0.25, 0.3) is 0 Å². The molecule has 1 unspecified atom stereocenters. The second-order valence-corrected chi connectivity index (χ2v) is 6.45. The van der Waals surface area contributed by atoms with Gasteiger partial charge in [-0.3, -0.25) is 19.8 Å². The van der Waals surface area contributed by atoms with Gasteiger partial charge in [0.2, 0.25) is 0 Å². The fraction of sp³-hybridized carbons (Fsp3) is 0.692. The third-order valence-electron chi connectivity index (χ3n) is 3.56. The number of nitrogens with zero attached hydrogens (tertiary/aromatic N) is 5. The van der Waals surface area contributed by atoms with Crippen LogP contribution < -0.4 is 5.32 Å². The lowest BCUT2D eigenvalue weighted by Crippen LogP contribution is -2.48. The highest BCUT2D eigenvalue weighted by Crippen LogP contribution is 2.20. The zero-order chi connectivity index (χ0) is 15.9. The molecule has 0 radical (unpaired) electrons. The van der Waals surface area contributed by atoms with E-state index in [4.69, 9.17) is 0 Å². The van der Waals surface area contributed by atoms with E-state index in [-0.39, 0.29) is 29.7 Å². The quantitative estimate of drug-likeness (QED) is 0.240. The molecule has 2 rings (SSSR count). The van der Waals surface area contributed by atoms with E-state index in [1.807, 2.05) is 11.8 Å². The maximum Gasteiger partial charge on any atom is 0.306 e. The molecule has 1 N–H and O–H groups in total. The summed E-state index contributed by atoms with van der Waals surface area (Å²) in [6.07, 6.45) is 3.87. The SMILES string of the molecule is CCC1CN(C(=NC)NCCn2cc([N+](=O)[O-])cn2)CCS1.I. The van der Waals surface area contributed by atoms with Gasteiger partial charge in [0.15, 0.2) is 5.96 Å². The van der Waals surface area contributed by atoms with Crippen molar-refractivity contribution in [2.45, 2.75) is 25.1 Å². The molecule has 0 saturated carbocycles. The number of hydrogen-bond donors (Lipinski definition) is 1. The highest BCUT2D eigenvalue weighted by molar-refractivity contribution is 14.0. The second-order valence-electron chi connectivity index (χ2n) is 5.04. The molecule has 1 saturated heterocycles. The van der Waals surface area contributed by atoms with Gasteiger partial charge in [0.1, 0.15) is 12.4 Å². The number of rotatable bonds is 5. The van der Waals surface area contributed by atoms with Gasteiger partial charge in [-0.05, 0) is 6.42 Å². The molecule has 1 aromatic rings. The van der Waals surface area contributed by atoms with E-state index in [1.165, 1.54) is 12.4 Å². The van der Waals surface area contributed by atoms with Crippen molar-refractivity contribution >= 4 is 47.4 Å². The molecular formula is C13H23IN6O2S. The Labute approximate surface area is 157 Å². The van der Waals surface area contributed by atoms with Crippen molar-refractivity contribution in [1.29, 1.82) is 0 Å². The van der Waals surface area contributed by atoms with Crippen molar-refractivity contribution in [2.75, 3.05) is 32.4 Å². The Balaban J connectivity index is 0.00000264. The number of hydrogen-bond acceptors (Lipinski definition) is 5. The number of thioether (sulfide) groups is 1. The molecule has 1 fully saturated rings. The molecule has 10 heteroatoms. The topological polar surface area (TPSA) is 88.6 Å². The van der Waals surface area contributed by atoms with Gasteiger partial charge >= 0.3 is 5.69 Å². The Morgan fingerprint density at radius 2 is 2.43 bits per heavy atom. The molecule has 1 aliphatic rings. The minimum atomic E-state index is -0.438. The highest BCUT2D eigenvalue weighted by Gasteiger charge is 2.21. The first-order chi connectivity index (χ1) is 10.6. The van der Waals surface area contributed by atoms with Crippen molar-refractivity contribution in [3.63, 3.8) is 0 Å². The molecule has 8 nitrogen and oxygen atoms in total. The molecule has 0 bridgehead atoms. The third-order valence-corrected chi connectivity index (χ3v) is 4.93. The fourth-order valence-corrected chi connectivity index (χ4v) is 3.52. The minimum absolute atomic E-state index is 0. The van der Waals surface area contributed by atoms with E-state index in [9.17, 15) is 10.1 Å². The fourth-order valence-electron chi connectivity index (χ4n) is 2.34. The zero-order valence-electron chi connectivity index (χ0n) is 13.3. The van der Waals surface area contributed by atoms with Crippen LogP contribution in [0, 0.1) is 10.1 Å². The standard InChI is InChI=1S/C13H22N6O2S.HI/c1-3-12-10-17(6-7-22-12)13(14-2)15-4-5-18-9-11(8-16-18)19(20)21;/h8-9,12H,3-7,10H2,1-2H3,(H,14,15);1H. The Hall–Kier alpha value is -1.04. The molecule has 0 spiro atoms. The predicted octanol–water partition coefficient (Wildman–Crippen LogP) is 1.81. The monoisotopic (exact) mass is 454 g/mol. The van der Waals surface area contributed by atoms with E-state index in [0.717, 1.165) is 31.2 Å². The number of aliphatic imine (C=N–C) groups is 1. The Bertz CT molecular complexity index is 538. The predicted molar refractivity (Wildman–Crippen MR) is 104 cm³/mol. The van der Waals surface area contributed by atoms with Gasteiger partial charge < -0.3 is 10.2 Å². The van der Waals surface area contributed by atoms with Crippen molar-refractivity contribution in [1.82, 2.24) is 20.0 Å². The number of aromatic nitrogens is 2. The molecule has 130 valence electrons. The number of halogens is 1. The van der Waals surface area contributed by atoms with E-state index in [1.54, 1.807) is 11.7 Å². The summed E-state index contributed by atoms with van der Waals surface area (Å²) in [7, 11) is 1.78. The number of guanidine groups is 1. The van der Waals surface area contributed by atoms with Crippen LogP contribution in [-0.2, 0) is 6.54 Å². The summed E-state index contributed by atoms with van der Waals surface area (Å²) in [5.74, 6) is 2.00. The number of nitrogens with one attached hydrogen (secondary N) is 1. The lowest BCUT2D eigenvalue weighted by atomic mass is 10.3. The summed E-state index contributed by atoms with van der Waals surface area (Å²) in [6.45, 7) is 5.41. The lowest BCUT2D eigenvalue weighted by Gasteiger charge is -2.34. The second kappa shape index (κ2) is 9.96. The summed E-state index contributed by atoms with van der Waals surface area (Å²) < 4.78 is 1.57. The molecule has 0 aliphatic carbocycles. The molecule has 1 aromatic heterocycles. The molecular weight excluding hydrogens is 431 g/mol. The molecule has 0 amide bonds. The summed E-state index contributed by atoms with van der Waals surface area (Å²) in [5, 5.41) is 18.6. The Kier molecular flexibility index (Phi) is 8.66. The van der Waals surface area contributed by atoms with Gasteiger partial charge in [-0.15, -0.1) is 24.0 Å². The lowest BCUT2D eigenvalue weighted by molar-refractivity contribution is -0.385. The Morgan fingerprint density at radius 3 is 3.04 bits per heavy atom. The van der Waals surface area contributed by atoms with Gasteiger partial charge in [0, 0.05) is 37.7 Å². The van der Waals surface area contributed by atoms with Crippen LogP contribution in [0.2, 0.25) is 0 Å². The first-order valence-electron chi connectivity index (χ1n) is 7.38.